The minimum Gasteiger partial charge on any atom is -0.356 e. The predicted molar refractivity (Wildman–Crippen MR) is 107 cm³/mol. The summed E-state index contributed by atoms with van der Waals surface area (Å²) in [4.78, 5) is 10.4. The lowest BCUT2D eigenvalue weighted by Crippen LogP contribution is -2.39. The maximum Gasteiger partial charge on any atom is 0.193 e. The fourth-order valence-electron chi connectivity index (χ4n) is 2.41. The van der Waals surface area contributed by atoms with Gasteiger partial charge in [0.2, 0.25) is 0 Å². The molecule has 0 saturated carbocycles. The van der Waals surface area contributed by atoms with Crippen molar-refractivity contribution in [2.75, 3.05) is 20.6 Å². The summed E-state index contributed by atoms with van der Waals surface area (Å²) >= 11 is 0. The maximum absolute atomic E-state index is 13.0. The highest BCUT2D eigenvalue weighted by Gasteiger charge is 2.07. The Balaban J connectivity index is 0.00000288. The molecular formula is C18H24FIN4. The van der Waals surface area contributed by atoms with Gasteiger partial charge in [0.1, 0.15) is 5.82 Å². The molecule has 0 aliphatic carbocycles. The predicted octanol–water partition coefficient (Wildman–Crippen LogP) is 3.40. The third-order valence-corrected chi connectivity index (χ3v) is 3.72. The largest absolute Gasteiger partial charge is 0.356 e. The van der Waals surface area contributed by atoms with Gasteiger partial charge in [0.25, 0.3) is 0 Å². The van der Waals surface area contributed by atoms with Crippen molar-refractivity contribution in [3.05, 3.63) is 65.2 Å². The number of benzene rings is 1. The van der Waals surface area contributed by atoms with Crippen LogP contribution >= 0.6 is 24.0 Å². The van der Waals surface area contributed by atoms with Crippen molar-refractivity contribution >= 4 is 29.9 Å². The second-order valence-corrected chi connectivity index (χ2v) is 5.51. The summed E-state index contributed by atoms with van der Waals surface area (Å²) in [7, 11) is 3.73. The third kappa shape index (κ3) is 6.07. The van der Waals surface area contributed by atoms with Gasteiger partial charge >= 0.3 is 0 Å². The van der Waals surface area contributed by atoms with Crippen LogP contribution in [0.2, 0.25) is 0 Å². The van der Waals surface area contributed by atoms with Gasteiger partial charge in [-0.25, -0.2) is 4.39 Å². The number of nitrogens with one attached hydrogen (secondary N) is 1. The van der Waals surface area contributed by atoms with E-state index in [0.29, 0.717) is 6.54 Å². The van der Waals surface area contributed by atoms with Crippen molar-refractivity contribution in [1.82, 2.24) is 15.2 Å². The topological polar surface area (TPSA) is 40.5 Å². The van der Waals surface area contributed by atoms with Crippen molar-refractivity contribution in [3.63, 3.8) is 0 Å². The van der Waals surface area contributed by atoms with E-state index >= 15 is 0 Å². The summed E-state index contributed by atoms with van der Waals surface area (Å²) in [5.41, 5.74) is 3.52. The summed E-state index contributed by atoms with van der Waals surface area (Å²) in [6, 6.07) is 8.58. The van der Waals surface area contributed by atoms with Crippen LogP contribution in [-0.2, 0) is 13.0 Å². The molecule has 0 atom stereocenters. The molecule has 0 amide bonds. The number of rotatable bonds is 5. The first kappa shape index (κ1) is 20.3. The van der Waals surface area contributed by atoms with Gasteiger partial charge in [-0.2, -0.15) is 0 Å². The minimum absolute atomic E-state index is 0. The van der Waals surface area contributed by atoms with Crippen LogP contribution in [0.25, 0.3) is 0 Å². The molecule has 1 N–H and O–H groups in total. The number of pyridine rings is 1. The molecule has 6 heteroatoms. The monoisotopic (exact) mass is 442 g/mol. The van der Waals surface area contributed by atoms with Crippen LogP contribution in [0.1, 0.15) is 16.7 Å². The molecule has 0 aliphatic heterocycles. The van der Waals surface area contributed by atoms with E-state index in [2.05, 4.69) is 22.2 Å². The van der Waals surface area contributed by atoms with E-state index in [1.807, 2.05) is 30.4 Å². The fraction of sp³-hybridized carbons (Fsp3) is 0.333. The Morgan fingerprint density at radius 3 is 2.58 bits per heavy atom. The number of hydrogen-bond acceptors (Lipinski definition) is 2. The number of halogens is 2. The molecule has 1 heterocycles. The van der Waals surface area contributed by atoms with Gasteiger partial charge in [0, 0.05) is 39.6 Å². The van der Waals surface area contributed by atoms with Gasteiger partial charge < -0.3 is 10.2 Å². The van der Waals surface area contributed by atoms with Crippen LogP contribution < -0.4 is 5.32 Å². The Morgan fingerprint density at radius 1 is 1.25 bits per heavy atom. The molecule has 2 aromatic rings. The van der Waals surface area contributed by atoms with Crippen molar-refractivity contribution in [3.8, 4) is 0 Å². The molecule has 0 aliphatic rings. The molecule has 0 unspecified atom stereocenters. The van der Waals surface area contributed by atoms with E-state index in [1.54, 1.807) is 19.2 Å². The molecule has 1 aromatic carbocycles. The molecule has 2 rings (SSSR count). The van der Waals surface area contributed by atoms with E-state index < -0.39 is 0 Å². The second kappa shape index (κ2) is 10.2. The van der Waals surface area contributed by atoms with Crippen molar-refractivity contribution < 1.29 is 4.39 Å². The number of guanidine groups is 1. The Bertz CT molecular complexity index is 658. The maximum atomic E-state index is 13.0. The Labute approximate surface area is 160 Å². The van der Waals surface area contributed by atoms with Gasteiger partial charge in [-0.3, -0.25) is 9.98 Å². The van der Waals surface area contributed by atoms with Crippen molar-refractivity contribution in [2.24, 2.45) is 4.99 Å². The molecule has 130 valence electrons. The highest BCUT2D eigenvalue weighted by Crippen LogP contribution is 2.07. The first-order chi connectivity index (χ1) is 11.1. The smallest absolute Gasteiger partial charge is 0.193 e. The number of aryl methyl sites for hydroxylation is 1. The van der Waals surface area contributed by atoms with E-state index in [9.17, 15) is 4.39 Å². The number of aromatic nitrogens is 1. The average molecular weight is 442 g/mol. The molecule has 0 fully saturated rings. The zero-order valence-corrected chi connectivity index (χ0v) is 16.6. The van der Waals surface area contributed by atoms with Crippen molar-refractivity contribution in [1.29, 1.82) is 0 Å². The van der Waals surface area contributed by atoms with E-state index in [4.69, 9.17) is 0 Å². The zero-order valence-electron chi connectivity index (χ0n) is 14.3. The summed E-state index contributed by atoms with van der Waals surface area (Å²) < 4.78 is 13.0. The quantitative estimate of drug-likeness (QED) is 0.439. The van der Waals surface area contributed by atoms with Gasteiger partial charge in [-0.15, -0.1) is 24.0 Å². The fourth-order valence-corrected chi connectivity index (χ4v) is 2.41. The first-order valence-electron chi connectivity index (χ1n) is 7.66. The average Bonchev–Trinajstić information content (AvgIpc) is 2.55. The lowest BCUT2D eigenvalue weighted by Gasteiger charge is -2.22. The second-order valence-electron chi connectivity index (χ2n) is 5.51. The number of hydrogen-bond donors (Lipinski definition) is 1. The Morgan fingerprint density at radius 2 is 1.96 bits per heavy atom. The third-order valence-electron chi connectivity index (χ3n) is 3.72. The van der Waals surface area contributed by atoms with E-state index in [-0.39, 0.29) is 29.8 Å². The van der Waals surface area contributed by atoms with Crippen molar-refractivity contribution in [2.45, 2.75) is 19.9 Å². The van der Waals surface area contributed by atoms with Crippen LogP contribution in [0.15, 0.2) is 47.7 Å². The molecule has 0 radical (unpaired) electrons. The first-order valence-corrected chi connectivity index (χ1v) is 7.66. The van der Waals surface area contributed by atoms with Crippen LogP contribution in [0.4, 0.5) is 4.39 Å². The summed E-state index contributed by atoms with van der Waals surface area (Å²) in [5.74, 6) is 0.604. The lowest BCUT2D eigenvalue weighted by molar-refractivity contribution is 0.476. The number of aliphatic imine (C=N–C) groups is 1. The Hall–Kier alpha value is -1.70. The van der Waals surface area contributed by atoms with Crippen LogP contribution in [0.5, 0.6) is 0 Å². The van der Waals surface area contributed by atoms with Crippen LogP contribution in [-0.4, -0.2) is 36.5 Å². The molecule has 0 spiro atoms. The van der Waals surface area contributed by atoms with E-state index in [1.165, 1.54) is 23.3 Å². The normalized spacial score (nSPS) is 10.9. The SMILES string of the molecule is CN=C(NCCc1ccncc1C)N(C)Cc1ccc(F)cc1.I. The summed E-state index contributed by atoms with van der Waals surface area (Å²) in [5, 5.41) is 3.36. The van der Waals surface area contributed by atoms with Gasteiger partial charge in [-0.05, 0) is 48.2 Å². The molecular weight excluding hydrogens is 418 g/mol. The van der Waals surface area contributed by atoms with Gasteiger partial charge in [0.15, 0.2) is 5.96 Å². The zero-order chi connectivity index (χ0) is 16.7. The van der Waals surface area contributed by atoms with Crippen LogP contribution in [0, 0.1) is 12.7 Å². The molecule has 0 saturated heterocycles. The minimum atomic E-state index is -0.216. The van der Waals surface area contributed by atoms with Crippen LogP contribution in [0.3, 0.4) is 0 Å². The Kier molecular flexibility index (Phi) is 8.67. The molecule has 24 heavy (non-hydrogen) atoms. The highest BCUT2D eigenvalue weighted by atomic mass is 127. The van der Waals surface area contributed by atoms with Gasteiger partial charge in [0.05, 0.1) is 0 Å². The summed E-state index contributed by atoms with van der Waals surface area (Å²) in [6.45, 7) is 3.54. The lowest BCUT2D eigenvalue weighted by atomic mass is 10.1. The summed E-state index contributed by atoms with van der Waals surface area (Å²) in [6.07, 6.45) is 4.61. The standard InChI is InChI=1S/C18H23FN4.HI/c1-14-12-21-10-8-16(14)9-11-22-18(20-2)23(3)13-15-4-6-17(19)7-5-15;/h4-8,10,12H,9,11,13H2,1-3H3,(H,20,22);1H. The number of nitrogens with zero attached hydrogens (tertiary/aromatic N) is 3. The molecule has 0 bridgehead atoms. The van der Waals surface area contributed by atoms with Gasteiger partial charge in [-0.1, -0.05) is 12.1 Å². The molecule has 4 nitrogen and oxygen atoms in total. The molecule has 1 aromatic heterocycles. The highest BCUT2D eigenvalue weighted by molar-refractivity contribution is 14.0. The van der Waals surface area contributed by atoms with E-state index in [0.717, 1.165) is 24.5 Å².